The van der Waals surface area contributed by atoms with Gasteiger partial charge in [0.2, 0.25) is 35.4 Å². The smallest absolute Gasteiger partial charge is 0.246 e. The number of carbonyl (C=O) groups is 6. The van der Waals surface area contributed by atoms with Crippen LogP contribution in [0.2, 0.25) is 0 Å². The highest BCUT2D eigenvalue weighted by molar-refractivity contribution is 5.95. The number of benzene rings is 3. The molecule has 0 radical (unpaired) electrons. The number of hydrogen-bond acceptors (Lipinski definition) is 12. The number of likely N-dealkylation sites (N-methyl/N-ethyl adjacent to an activating group) is 2. The highest BCUT2D eigenvalue weighted by atomic mass is 16.2. The zero-order valence-corrected chi connectivity index (χ0v) is 49.3. The maximum absolute atomic E-state index is 14.3. The third kappa shape index (κ3) is 16.7. The second kappa shape index (κ2) is 30.8. The van der Waals surface area contributed by atoms with E-state index in [1.807, 2.05) is 78.5 Å². The molecule has 4 aliphatic heterocycles. The monoisotopic (exact) mass is 1140 g/mol. The van der Waals surface area contributed by atoms with Crippen molar-refractivity contribution >= 4 is 48.0 Å². The summed E-state index contributed by atoms with van der Waals surface area (Å²) in [7, 11) is 3.42. The second-order valence-corrected chi connectivity index (χ2v) is 22.8. The van der Waals surface area contributed by atoms with Crippen LogP contribution < -0.4 is 31.9 Å². The lowest BCUT2D eigenvalue weighted by Crippen LogP contribution is -2.58. The number of unbranched alkanes of at least 4 members (excludes halogenated alkanes) is 2. The zero-order chi connectivity index (χ0) is 58.7. The van der Waals surface area contributed by atoms with E-state index in [4.69, 9.17) is 4.99 Å². The van der Waals surface area contributed by atoms with Gasteiger partial charge in [-0.2, -0.15) is 5.10 Å². The van der Waals surface area contributed by atoms with Gasteiger partial charge in [-0.1, -0.05) is 116 Å². The maximum atomic E-state index is 14.3. The molecular formula is C63H88N14O6. The van der Waals surface area contributed by atoms with Gasteiger partial charge >= 0.3 is 0 Å². The molecule has 4 aromatic rings. The van der Waals surface area contributed by atoms with Crippen LogP contribution in [0.25, 0.3) is 0 Å². The van der Waals surface area contributed by atoms with Crippen molar-refractivity contribution in [3.8, 4) is 0 Å². The molecule has 0 saturated carbocycles. The van der Waals surface area contributed by atoms with Crippen LogP contribution in [0.4, 0.5) is 0 Å². The number of rotatable bonds is 26. The lowest BCUT2D eigenvalue weighted by atomic mass is 9.98. The topological polar surface area (TPSA) is 240 Å². The zero-order valence-electron chi connectivity index (χ0n) is 49.3. The van der Waals surface area contributed by atoms with Crippen molar-refractivity contribution < 1.29 is 28.8 Å². The lowest BCUT2D eigenvalue weighted by Gasteiger charge is -2.36. The van der Waals surface area contributed by atoms with Gasteiger partial charge in [0.25, 0.3) is 0 Å². The van der Waals surface area contributed by atoms with Crippen molar-refractivity contribution in [2.75, 3.05) is 20.6 Å². The van der Waals surface area contributed by atoms with Gasteiger partial charge in [-0.25, -0.2) is 4.99 Å². The molecule has 0 bridgehead atoms. The summed E-state index contributed by atoms with van der Waals surface area (Å²) >= 11 is 0. The molecule has 3 aromatic carbocycles. The predicted octanol–water partition coefficient (Wildman–Crippen LogP) is 6.03. The molecule has 10 atom stereocenters. The number of hydrazone groups is 1. The molecule has 20 nitrogen and oxygen atoms in total. The first-order chi connectivity index (χ1) is 40.3. The number of nitrogens with zero attached hydrogens (tertiary/aromatic N) is 8. The summed E-state index contributed by atoms with van der Waals surface area (Å²) < 4.78 is 1.84. The van der Waals surface area contributed by atoms with Crippen LogP contribution in [0.15, 0.2) is 101 Å². The number of aromatic nitrogens is 3. The fourth-order valence-electron chi connectivity index (χ4n) is 12.1. The number of carbonyl (C=O) groups excluding carboxylic acids is 6. The van der Waals surface area contributed by atoms with Crippen molar-refractivity contribution in [3.05, 3.63) is 119 Å². The van der Waals surface area contributed by atoms with Crippen molar-refractivity contribution in [2.24, 2.45) is 10.1 Å². The molecule has 5 heterocycles. The Morgan fingerprint density at radius 2 is 1.14 bits per heavy atom. The van der Waals surface area contributed by atoms with E-state index in [0.717, 1.165) is 101 Å². The van der Waals surface area contributed by atoms with Gasteiger partial charge < -0.3 is 41.7 Å². The van der Waals surface area contributed by atoms with E-state index in [9.17, 15) is 28.8 Å². The average Bonchev–Trinajstić information content (AvgIpc) is 4.42. The molecule has 6 amide bonds. The van der Waals surface area contributed by atoms with Gasteiger partial charge in [0.05, 0.1) is 24.3 Å². The van der Waals surface area contributed by atoms with Gasteiger partial charge in [0.1, 0.15) is 42.4 Å². The maximum Gasteiger partial charge on any atom is 0.246 e. The molecule has 0 spiro atoms. The highest BCUT2D eigenvalue weighted by Crippen LogP contribution is 2.34. The summed E-state index contributed by atoms with van der Waals surface area (Å²) in [4.78, 5) is 90.8. The van der Waals surface area contributed by atoms with Crippen molar-refractivity contribution in [1.82, 2.24) is 61.7 Å². The number of fused-ring (bicyclic) bond motifs is 2. The molecule has 20 heteroatoms. The van der Waals surface area contributed by atoms with Crippen LogP contribution in [-0.4, -0.2) is 147 Å². The standard InChI is InChI=1S/C63H88N14O6/c1-6-67-75(42-66-57(48-25-11-8-12-26-48)71-61(81)55-38-36-50-28-14-16-30-52(63(83)77(50)55)69-59(79)44(3)65-5)40-20-18-22-46-33-31-45(32-34-46)21-17-19-39-74-41-53(72-73-74)56(47-23-9-7-10-24-47)70-60(80)54-37-35-49-27-13-15-29-51(62(82)76(49)54)68-58(78)43(2)64-4/h6-12,23-26,31-34,41-44,49-52,54-57,64-65H,13-22,27-30,35-40H2,1-5H3,(H,68,78)(H,69,79)(H,70,80)(H,71,81)/b66-42+,67-6-/t43-,44-,49?,50?,51?,52?,54-,55-,56-,57-/m0/s1. The van der Waals surface area contributed by atoms with Crippen LogP contribution in [0.3, 0.4) is 0 Å². The molecule has 4 saturated heterocycles. The molecule has 6 N–H and O–H groups in total. The Hall–Kier alpha value is -7.32. The third-order valence-corrected chi connectivity index (χ3v) is 17.1. The first kappa shape index (κ1) is 61.7. The van der Waals surface area contributed by atoms with Crippen molar-refractivity contribution in [1.29, 1.82) is 0 Å². The Labute approximate surface area is 489 Å². The Bertz CT molecular complexity index is 2810. The SMILES string of the molecule is C/C=N\N(/C=N/[C@@H](NC(=O)[C@@H]1CCC2CCCCC(NC(=O)[C@H](C)NC)C(=O)N21)c1ccccc1)CCCCc1ccc(CCCCn2cc([C@@H](NC(=O)[C@@H]3CCC4CCCCC(NC(=O)[C@H](C)NC)C(=O)N43)c3ccccc3)nn2)cc1. The van der Waals surface area contributed by atoms with E-state index in [-0.39, 0.29) is 47.5 Å². The van der Waals surface area contributed by atoms with Gasteiger partial charge in [0, 0.05) is 31.4 Å². The molecule has 4 unspecified atom stereocenters. The highest BCUT2D eigenvalue weighted by Gasteiger charge is 2.46. The number of nitrogens with one attached hydrogen (secondary N) is 6. The second-order valence-electron chi connectivity index (χ2n) is 22.8. The number of aliphatic imine (C=N–C) groups is 1. The van der Waals surface area contributed by atoms with Crippen molar-refractivity contribution in [3.63, 3.8) is 0 Å². The number of aryl methyl sites for hydroxylation is 3. The fraction of sp³-hybridized carbons (Fsp3) is 0.556. The van der Waals surface area contributed by atoms with Gasteiger partial charge in [0.15, 0.2) is 0 Å². The Morgan fingerprint density at radius 3 is 1.67 bits per heavy atom. The van der Waals surface area contributed by atoms with E-state index in [2.05, 4.69) is 71.6 Å². The Morgan fingerprint density at radius 1 is 0.639 bits per heavy atom. The normalized spacial score (nSPS) is 22.6. The fourth-order valence-corrected chi connectivity index (χ4v) is 12.1. The summed E-state index contributed by atoms with van der Waals surface area (Å²) in [5.41, 5.74) is 4.83. The van der Waals surface area contributed by atoms with Gasteiger partial charge in [-0.3, -0.25) is 38.5 Å². The van der Waals surface area contributed by atoms with Crippen LogP contribution in [0.1, 0.15) is 164 Å². The molecule has 4 fully saturated rings. The largest absolute Gasteiger partial charge is 0.343 e. The molecule has 446 valence electrons. The average molecular weight is 1140 g/mol. The van der Waals surface area contributed by atoms with E-state index in [0.29, 0.717) is 44.5 Å². The van der Waals surface area contributed by atoms with Gasteiger partial charge in [-0.05, 0) is 147 Å². The van der Waals surface area contributed by atoms with E-state index >= 15 is 0 Å². The van der Waals surface area contributed by atoms with E-state index in [1.165, 1.54) is 11.1 Å². The van der Waals surface area contributed by atoms with Crippen LogP contribution in [0, 0.1) is 0 Å². The quantitative estimate of drug-likeness (QED) is 0.0184. The first-order valence-electron chi connectivity index (χ1n) is 30.4. The van der Waals surface area contributed by atoms with Crippen LogP contribution in [-0.2, 0) is 48.2 Å². The summed E-state index contributed by atoms with van der Waals surface area (Å²) in [5.74, 6) is -1.36. The molecular weight excluding hydrogens is 1050 g/mol. The minimum absolute atomic E-state index is 0.0500. The molecule has 8 rings (SSSR count). The van der Waals surface area contributed by atoms with Crippen LogP contribution >= 0.6 is 0 Å². The summed E-state index contributed by atoms with van der Waals surface area (Å²) in [5, 5.41) is 33.6. The summed E-state index contributed by atoms with van der Waals surface area (Å²) in [6.07, 6.45) is 18.9. The van der Waals surface area contributed by atoms with Crippen LogP contribution in [0.5, 0.6) is 0 Å². The summed E-state index contributed by atoms with van der Waals surface area (Å²) in [6.45, 7) is 6.68. The molecule has 83 heavy (non-hydrogen) atoms. The van der Waals surface area contributed by atoms with E-state index in [1.54, 1.807) is 55.3 Å². The number of amides is 6. The van der Waals surface area contributed by atoms with E-state index < -0.39 is 48.5 Å². The summed E-state index contributed by atoms with van der Waals surface area (Å²) in [6, 6.07) is 23.9. The third-order valence-electron chi connectivity index (χ3n) is 17.1. The van der Waals surface area contributed by atoms with Gasteiger partial charge in [-0.15, -0.1) is 5.10 Å². The van der Waals surface area contributed by atoms with Crippen molar-refractivity contribution in [2.45, 2.75) is 203 Å². The Balaban J connectivity index is 0.799. The first-order valence-corrected chi connectivity index (χ1v) is 30.4. The minimum Gasteiger partial charge on any atom is -0.343 e. The minimum atomic E-state index is -0.705. The number of hydrogen-bond donors (Lipinski definition) is 6. The molecule has 1 aromatic heterocycles. The molecule has 4 aliphatic rings. The lowest BCUT2D eigenvalue weighted by molar-refractivity contribution is -0.144. The Kier molecular flexibility index (Phi) is 22.9. The predicted molar refractivity (Wildman–Crippen MR) is 321 cm³/mol. The molecule has 0 aliphatic carbocycles.